The Morgan fingerprint density at radius 3 is 2.64 bits per heavy atom. The number of methoxy groups -OCH3 is 1. The van der Waals surface area contributed by atoms with Gasteiger partial charge >= 0.3 is 6.03 Å². The normalized spacial score (nSPS) is 22.5. The fourth-order valence-corrected chi connectivity index (χ4v) is 6.24. The molecule has 33 heavy (non-hydrogen) atoms. The van der Waals surface area contributed by atoms with Crippen LogP contribution in [0, 0.1) is 12.8 Å². The van der Waals surface area contributed by atoms with Gasteiger partial charge in [-0.15, -0.1) is 0 Å². The van der Waals surface area contributed by atoms with Crippen LogP contribution in [0.25, 0.3) is 0 Å². The maximum absolute atomic E-state index is 13.7. The van der Waals surface area contributed by atoms with Crippen LogP contribution in [0.5, 0.6) is 5.75 Å². The first-order chi connectivity index (χ1) is 16.0. The molecule has 0 radical (unpaired) electrons. The van der Waals surface area contributed by atoms with E-state index in [2.05, 4.69) is 57.0 Å². The Kier molecular flexibility index (Phi) is 7.18. The van der Waals surface area contributed by atoms with E-state index in [0.717, 1.165) is 70.6 Å². The summed E-state index contributed by atoms with van der Waals surface area (Å²) in [5, 5.41) is 0. The van der Waals surface area contributed by atoms with E-state index in [9.17, 15) is 4.79 Å². The van der Waals surface area contributed by atoms with Crippen molar-refractivity contribution in [1.82, 2.24) is 14.4 Å². The largest absolute Gasteiger partial charge is 0.497 e. The maximum atomic E-state index is 13.7. The van der Waals surface area contributed by atoms with Crippen molar-refractivity contribution in [3.05, 3.63) is 52.8 Å². The molecular formula is C28H41N3O2. The Morgan fingerprint density at radius 2 is 1.97 bits per heavy atom. The highest BCUT2D eigenvalue weighted by molar-refractivity contribution is 5.79. The van der Waals surface area contributed by atoms with Gasteiger partial charge in [0.15, 0.2) is 0 Å². The lowest BCUT2D eigenvalue weighted by Gasteiger charge is -2.51. The van der Waals surface area contributed by atoms with Gasteiger partial charge in [0.05, 0.1) is 7.11 Å². The Balaban J connectivity index is 1.79. The van der Waals surface area contributed by atoms with Gasteiger partial charge in [0.25, 0.3) is 0 Å². The Hall–Kier alpha value is -2.27. The number of hydrogen-bond acceptors (Lipinski definition) is 3. The topological polar surface area (TPSA) is 37.7 Å². The molecule has 0 bridgehead atoms. The van der Waals surface area contributed by atoms with Crippen LogP contribution in [-0.4, -0.2) is 60.2 Å². The summed E-state index contributed by atoms with van der Waals surface area (Å²) in [6, 6.07) is 8.83. The second kappa shape index (κ2) is 9.92. The molecule has 0 N–H and O–H groups in total. The number of aromatic nitrogens is 1. The van der Waals surface area contributed by atoms with Crippen LogP contribution < -0.4 is 4.74 Å². The average Bonchev–Trinajstić information content (AvgIpc) is 3.16. The van der Waals surface area contributed by atoms with E-state index < -0.39 is 0 Å². The predicted octanol–water partition coefficient (Wildman–Crippen LogP) is 5.27. The van der Waals surface area contributed by atoms with Gasteiger partial charge in [-0.2, -0.15) is 0 Å². The van der Waals surface area contributed by atoms with Gasteiger partial charge in [-0.3, -0.25) is 4.57 Å². The highest BCUT2D eigenvalue weighted by atomic mass is 16.5. The van der Waals surface area contributed by atoms with E-state index in [0.29, 0.717) is 5.92 Å². The molecule has 2 aromatic rings. The molecule has 1 fully saturated rings. The zero-order chi connectivity index (χ0) is 23.6. The molecule has 1 aromatic carbocycles. The summed E-state index contributed by atoms with van der Waals surface area (Å²) in [7, 11) is 1.75. The Morgan fingerprint density at radius 1 is 1.21 bits per heavy atom. The molecule has 2 heterocycles. The summed E-state index contributed by atoms with van der Waals surface area (Å²) in [4.78, 5) is 18.3. The molecule has 2 unspecified atom stereocenters. The summed E-state index contributed by atoms with van der Waals surface area (Å²) in [5.41, 5.74) is 5.30. The smallest absolute Gasteiger partial charge is 0.328 e. The predicted molar refractivity (Wildman–Crippen MR) is 134 cm³/mol. The van der Waals surface area contributed by atoms with Gasteiger partial charge in [-0.1, -0.05) is 32.9 Å². The summed E-state index contributed by atoms with van der Waals surface area (Å²) < 4.78 is 7.61. The third kappa shape index (κ3) is 4.32. The molecule has 1 aliphatic heterocycles. The van der Waals surface area contributed by atoms with Crippen LogP contribution in [0.15, 0.2) is 30.5 Å². The quantitative estimate of drug-likeness (QED) is 0.575. The number of benzene rings is 1. The molecule has 180 valence electrons. The van der Waals surface area contributed by atoms with E-state index in [1.165, 1.54) is 22.4 Å². The van der Waals surface area contributed by atoms with Crippen LogP contribution in [0.3, 0.4) is 0 Å². The number of hydrogen-bond donors (Lipinski definition) is 0. The molecule has 1 aromatic heterocycles. The van der Waals surface area contributed by atoms with Crippen LogP contribution in [0.4, 0.5) is 4.79 Å². The summed E-state index contributed by atoms with van der Waals surface area (Å²) in [5.74, 6) is 1.46. The van der Waals surface area contributed by atoms with Gasteiger partial charge in [0, 0.05) is 36.9 Å². The summed E-state index contributed by atoms with van der Waals surface area (Å²) in [6.07, 6.45) is 7.15. The minimum atomic E-state index is 0.0381. The van der Waals surface area contributed by atoms with Crippen molar-refractivity contribution < 1.29 is 9.53 Å². The zero-order valence-corrected chi connectivity index (χ0v) is 21.2. The van der Waals surface area contributed by atoms with Crippen LogP contribution in [0.1, 0.15) is 62.4 Å². The zero-order valence-electron chi connectivity index (χ0n) is 21.2. The standard InChI is InChI=1S/C28H41N3O2/c1-6-13-30(14-7-2)27(32)31-19-21(4)25-17-23-20-29(8-3)15-12-28(23,18-26(25)31)22-10-9-11-24(16-22)33-5/h9-11,16,19,23H,6-8,12-15,17-18,20H2,1-5H3. The first-order valence-electron chi connectivity index (χ1n) is 12.8. The van der Waals surface area contributed by atoms with Crippen LogP contribution >= 0.6 is 0 Å². The number of carbonyl (C=O) groups excluding carboxylic acids is 1. The number of aryl methyl sites for hydroxylation is 1. The Labute approximate surface area is 199 Å². The molecular weight excluding hydrogens is 410 g/mol. The van der Waals surface area contributed by atoms with Crippen molar-refractivity contribution in [3.63, 3.8) is 0 Å². The van der Waals surface area contributed by atoms with Crippen molar-refractivity contribution in [2.75, 3.05) is 39.8 Å². The van der Waals surface area contributed by atoms with Crippen molar-refractivity contribution in [1.29, 1.82) is 0 Å². The lowest BCUT2D eigenvalue weighted by Crippen LogP contribution is -2.54. The molecule has 0 spiro atoms. The molecule has 1 aliphatic carbocycles. The SMILES string of the molecule is CCCN(CCC)C(=O)n1cc(C)c2c1CC1(c3cccc(OC)c3)CCN(CC)CC1C2. The molecule has 5 heteroatoms. The number of amides is 1. The maximum Gasteiger partial charge on any atom is 0.328 e. The molecule has 2 aliphatic rings. The number of nitrogens with zero attached hydrogens (tertiary/aromatic N) is 3. The van der Waals surface area contributed by atoms with Crippen LogP contribution in [0.2, 0.25) is 0 Å². The lowest BCUT2D eigenvalue weighted by atomic mass is 9.58. The van der Waals surface area contributed by atoms with Gasteiger partial charge in [-0.25, -0.2) is 4.79 Å². The van der Waals surface area contributed by atoms with Gasteiger partial charge in [-0.05, 0) is 86.9 Å². The minimum Gasteiger partial charge on any atom is -0.497 e. The second-order valence-electron chi connectivity index (χ2n) is 9.99. The number of fused-ring (bicyclic) bond motifs is 2. The first kappa shape index (κ1) is 23.9. The fraction of sp³-hybridized carbons (Fsp3) is 0.607. The molecule has 1 amide bonds. The highest BCUT2D eigenvalue weighted by Crippen LogP contribution is 2.49. The second-order valence-corrected chi connectivity index (χ2v) is 9.99. The monoisotopic (exact) mass is 451 g/mol. The van der Waals surface area contributed by atoms with Crippen molar-refractivity contribution in [2.24, 2.45) is 5.92 Å². The van der Waals surface area contributed by atoms with E-state index in [-0.39, 0.29) is 11.4 Å². The molecule has 1 saturated heterocycles. The summed E-state index contributed by atoms with van der Waals surface area (Å²) >= 11 is 0. The number of likely N-dealkylation sites (tertiary alicyclic amines) is 1. The third-order valence-corrected chi connectivity index (χ3v) is 8.06. The van der Waals surface area contributed by atoms with Crippen molar-refractivity contribution in [3.8, 4) is 5.75 Å². The van der Waals surface area contributed by atoms with Crippen molar-refractivity contribution >= 4 is 6.03 Å². The minimum absolute atomic E-state index is 0.0381. The number of ether oxygens (including phenoxy) is 1. The van der Waals surface area contributed by atoms with Crippen molar-refractivity contribution in [2.45, 2.75) is 65.2 Å². The molecule has 0 saturated carbocycles. The number of piperidine rings is 1. The van der Waals surface area contributed by atoms with E-state index in [4.69, 9.17) is 4.74 Å². The van der Waals surface area contributed by atoms with E-state index >= 15 is 0 Å². The fourth-order valence-electron chi connectivity index (χ4n) is 6.24. The van der Waals surface area contributed by atoms with Crippen LogP contribution in [-0.2, 0) is 18.3 Å². The average molecular weight is 452 g/mol. The first-order valence-corrected chi connectivity index (χ1v) is 12.8. The molecule has 4 rings (SSSR count). The molecule has 2 atom stereocenters. The van der Waals surface area contributed by atoms with E-state index in [1.807, 2.05) is 15.5 Å². The number of rotatable bonds is 7. The van der Waals surface area contributed by atoms with E-state index in [1.54, 1.807) is 7.11 Å². The summed E-state index contributed by atoms with van der Waals surface area (Å²) in [6.45, 7) is 13.7. The van der Waals surface area contributed by atoms with Gasteiger partial charge in [0.1, 0.15) is 5.75 Å². The lowest BCUT2D eigenvalue weighted by molar-refractivity contribution is 0.0840. The highest BCUT2D eigenvalue weighted by Gasteiger charge is 2.48. The third-order valence-electron chi connectivity index (χ3n) is 8.06. The van der Waals surface area contributed by atoms with Gasteiger partial charge in [0.2, 0.25) is 0 Å². The Bertz CT molecular complexity index is 976. The molecule has 5 nitrogen and oxygen atoms in total. The number of carbonyl (C=O) groups is 1. The van der Waals surface area contributed by atoms with Gasteiger partial charge < -0.3 is 14.5 Å².